The number of fused-ring (bicyclic) bond motifs is 1. The van der Waals surface area contributed by atoms with Gasteiger partial charge >= 0.3 is 5.97 Å². The summed E-state index contributed by atoms with van der Waals surface area (Å²) in [5.74, 6) is -1.92. The van der Waals surface area contributed by atoms with Crippen LogP contribution in [0, 0.1) is 0 Å². The maximum absolute atomic E-state index is 11.9. The highest BCUT2D eigenvalue weighted by atomic mass is 35.5. The van der Waals surface area contributed by atoms with Crippen molar-refractivity contribution in [1.29, 1.82) is 0 Å². The van der Waals surface area contributed by atoms with Crippen molar-refractivity contribution < 1.29 is 19.5 Å². The molecular formula is C11H12ClNO4S. The van der Waals surface area contributed by atoms with Crippen molar-refractivity contribution in [2.75, 3.05) is 5.88 Å². The molecule has 2 fully saturated rings. The summed E-state index contributed by atoms with van der Waals surface area (Å²) in [5.41, 5.74) is 0.350. The Hall–Kier alpha value is -1.01. The first-order chi connectivity index (χ1) is 8.29. The third-order valence-electron chi connectivity index (χ3n) is 3.03. The predicted molar refractivity (Wildman–Crippen MR) is 67.5 cm³/mol. The fraction of sp³-hybridized carbons (Fsp3) is 0.545. The number of amides is 1. The number of halogens is 1. The molecule has 2 aliphatic heterocycles. The van der Waals surface area contributed by atoms with Crippen LogP contribution in [0.25, 0.3) is 0 Å². The molecule has 18 heavy (non-hydrogen) atoms. The highest BCUT2D eigenvalue weighted by molar-refractivity contribution is 8.01. The minimum Gasteiger partial charge on any atom is -0.480 e. The molecule has 98 valence electrons. The molecule has 0 unspecified atom stereocenters. The minimum absolute atomic E-state index is 0.181. The molecule has 0 radical (unpaired) electrons. The van der Waals surface area contributed by atoms with Gasteiger partial charge in [0.2, 0.25) is 0 Å². The molecule has 0 aliphatic carbocycles. The van der Waals surface area contributed by atoms with Crippen LogP contribution in [0.5, 0.6) is 0 Å². The zero-order valence-electron chi connectivity index (χ0n) is 9.84. The van der Waals surface area contributed by atoms with E-state index >= 15 is 0 Å². The van der Waals surface area contributed by atoms with Crippen LogP contribution in [-0.4, -0.2) is 49.7 Å². The average molecular weight is 290 g/mol. The molecule has 2 saturated heterocycles. The van der Waals surface area contributed by atoms with E-state index < -0.39 is 16.8 Å². The molecular weight excluding hydrogens is 278 g/mol. The maximum atomic E-state index is 11.9. The van der Waals surface area contributed by atoms with Gasteiger partial charge < -0.3 is 10.0 Å². The Morgan fingerprint density at radius 2 is 2.17 bits per heavy atom. The lowest BCUT2D eigenvalue weighted by Crippen LogP contribution is -2.58. The predicted octanol–water partition coefficient (Wildman–Crippen LogP) is 0.868. The van der Waals surface area contributed by atoms with Crippen LogP contribution in [-0.2, 0) is 14.4 Å². The minimum atomic E-state index is -1.02. The molecule has 2 atom stereocenters. The van der Waals surface area contributed by atoms with Crippen LogP contribution in [0.15, 0.2) is 11.6 Å². The molecule has 0 saturated carbocycles. The molecule has 2 aliphatic rings. The first kappa shape index (κ1) is 13.4. The molecule has 0 bridgehead atoms. The summed E-state index contributed by atoms with van der Waals surface area (Å²) in [5, 5.41) is 8.84. The lowest BCUT2D eigenvalue weighted by molar-refractivity contribution is -0.152. The number of alkyl halides is 1. The Kier molecular flexibility index (Phi) is 3.19. The molecule has 0 aromatic heterocycles. The zero-order valence-corrected chi connectivity index (χ0v) is 11.4. The van der Waals surface area contributed by atoms with E-state index in [1.54, 1.807) is 13.8 Å². The average Bonchev–Trinajstić information content (AvgIpc) is 2.54. The van der Waals surface area contributed by atoms with Gasteiger partial charge in [-0.3, -0.25) is 9.59 Å². The highest BCUT2D eigenvalue weighted by Gasteiger charge is 2.61. The Morgan fingerprint density at radius 1 is 1.56 bits per heavy atom. The van der Waals surface area contributed by atoms with Crippen LogP contribution < -0.4 is 0 Å². The van der Waals surface area contributed by atoms with Crippen LogP contribution >= 0.6 is 23.4 Å². The molecule has 2 rings (SSSR count). The van der Waals surface area contributed by atoms with E-state index in [9.17, 15) is 19.5 Å². The zero-order chi connectivity index (χ0) is 13.7. The second-order valence-electron chi connectivity index (χ2n) is 4.73. The standard InChI is InChI=1S/C11H12ClNO4S/c1-11(2)7(10(16)17)13-8(15)6(9(13)18-11)3-5(14)4-12/h3,7,9H,4H2,1-2H3,(H,16,17)/t7-,9+/m0/s1. The van der Waals surface area contributed by atoms with Gasteiger partial charge in [0.25, 0.3) is 5.91 Å². The summed E-state index contributed by atoms with van der Waals surface area (Å²) < 4.78 is -0.578. The van der Waals surface area contributed by atoms with Crippen molar-refractivity contribution >= 4 is 41.0 Å². The van der Waals surface area contributed by atoms with Gasteiger partial charge in [-0.25, -0.2) is 4.79 Å². The van der Waals surface area contributed by atoms with E-state index in [-0.39, 0.29) is 22.9 Å². The normalized spacial score (nSPS) is 31.2. The Bertz CT molecular complexity index is 474. The van der Waals surface area contributed by atoms with Crippen LogP contribution in [0.3, 0.4) is 0 Å². The number of β-lactam (4-membered cyclic amide) rings is 1. The highest BCUT2D eigenvalue weighted by Crippen LogP contribution is 2.52. The molecule has 0 aromatic rings. The quantitative estimate of drug-likeness (QED) is 0.474. The molecule has 5 nitrogen and oxygen atoms in total. The van der Waals surface area contributed by atoms with Gasteiger partial charge in [0.15, 0.2) is 5.78 Å². The second kappa shape index (κ2) is 4.28. The molecule has 0 aromatic carbocycles. The van der Waals surface area contributed by atoms with Crippen molar-refractivity contribution in [3.05, 3.63) is 11.6 Å². The molecule has 1 amide bonds. The number of thioether (sulfide) groups is 1. The van der Waals surface area contributed by atoms with Crippen molar-refractivity contribution in [2.24, 2.45) is 0 Å². The Morgan fingerprint density at radius 3 is 2.67 bits per heavy atom. The number of hydrogen-bond acceptors (Lipinski definition) is 4. The summed E-state index contributed by atoms with van der Waals surface area (Å²) in [6.45, 7) is 3.56. The number of carboxylic acids is 1. The van der Waals surface area contributed by atoms with Crippen molar-refractivity contribution in [3.63, 3.8) is 0 Å². The number of hydrogen-bond donors (Lipinski definition) is 1. The molecule has 1 N–H and O–H groups in total. The van der Waals surface area contributed by atoms with E-state index in [0.717, 1.165) is 0 Å². The van der Waals surface area contributed by atoms with E-state index in [1.807, 2.05) is 0 Å². The number of aliphatic carboxylic acids is 1. The van der Waals surface area contributed by atoms with Gasteiger partial charge in [0.05, 0.1) is 11.5 Å². The molecule has 7 heteroatoms. The van der Waals surface area contributed by atoms with Gasteiger partial charge in [0, 0.05) is 4.75 Å². The number of nitrogens with zero attached hydrogens (tertiary/aromatic N) is 1. The van der Waals surface area contributed by atoms with Crippen LogP contribution in [0.1, 0.15) is 13.8 Å². The smallest absolute Gasteiger partial charge is 0.327 e. The summed E-state index contributed by atoms with van der Waals surface area (Å²) in [6, 6.07) is -0.858. The topological polar surface area (TPSA) is 74.7 Å². The van der Waals surface area contributed by atoms with Gasteiger partial charge in [-0.05, 0) is 19.9 Å². The number of carboxylic acid groups (broad SMARTS) is 1. The molecule has 2 heterocycles. The lowest BCUT2D eigenvalue weighted by Gasteiger charge is -2.38. The number of carbonyl (C=O) groups excluding carboxylic acids is 2. The van der Waals surface area contributed by atoms with E-state index in [0.29, 0.717) is 5.57 Å². The summed E-state index contributed by atoms with van der Waals surface area (Å²) in [7, 11) is 0. The summed E-state index contributed by atoms with van der Waals surface area (Å²) in [6.07, 6.45) is 1.23. The fourth-order valence-corrected chi connectivity index (χ4v) is 3.89. The second-order valence-corrected chi connectivity index (χ2v) is 6.73. The lowest BCUT2D eigenvalue weighted by atomic mass is 9.95. The van der Waals surface area contributed by atoms with Gasteiger partial charge in [-0.2, -0.15) is 0 Å². The van der Waals surface area contributed by atoms with Gasteiger partial charge in [0.1, 0.15) is 11.4 Å². The monoisotopic (exact) mass is 289 g/mol. The number of rotatable bonds is 3. The summed E-state index contributed by atoms with van der Waals surface area (Å²) in [4.78, 5) is 35.6. The fourth-order valence-electron chi connectivity index (χ4n) is 2.27. The van der Waals surface area contributed by atoms with Crippen molar-refractivity contribution in [3.8, 4) is 0 Å². The van der Waals surface area contributed by atoms with Gasteiger partial charge in [-0.15, -0.1) is 23.4 Å². The van der Waals surface area contributed by atoms with E-state index in [4.69, 9.17) is 11.6 Å². The summed E-state index contributed by atoms with van der Waals surface area (Å²) >= 11 is 6.76. The van der Waals surface area contributed by atoms with Crippen molar-refractivity contribution in [1.82, 2.24) is 4.90 Å². The van der Waals surface area contributed by atoms with Crippen molar-refractivity contribution in [2.45, 2.75) is 30.0 Å². The number of ketones is 1. The maximum Gasteiger partial charge on any atom is 0.327 e. The van der Waals surface area contributed by atoms with Gasteiger partial charge in [-0.1, -0.05) is 0 Å². The number of allylic oxidation sites excluding steroid dienone is 1. The van der Waals surface area contributed by atoms with Crippen LogP contribution in [0.2, 0.25) is 0 Å². The van der Waals surface area contributed by atoms with E-state index in [2.05, 4.69) is 0 Å². The number of carbonyl (C=O) groups is 3. The largest absolute Gasteiger partial charge is 0.480 e. The Labute approximate surface area is 113 Å². The van der Waals surface area contributed by atoms with E-state index in [1.165, 1.54) is 22.7 Å². The van der Waals surface area contributed by atoms with Crippen LogP contribution in [0.4, 0.5) is 0 Å². The SMILES string of the molecule is CC1(C)S[C@@H]2C(=CC(=O)CCl)C(=O)N2[C@H]1C(=O)O. The molecule has 0 spiro atoms. The first-order valence-electron chi connectivity index (χ1n) is 5.33. The third kappa shape index (κ3) is 1.83. The first-order valence-corrected chi connectivity index (χ1v) is 6.74. The third-order valence-corrected chi connectivity index (χ3v) is 4.83. The Balaban J connectivity index is 2.30.